The molecule has 0 bridgehead atoms. The van der Waals surface area contributed by atoms with Gasteiger partial charge in [-0.1, -0.05) is 0 Å². The van der Waals surface area contributed by atoms with Crippen molar-refractivity contribution in [3.63, 3.8) is 0 Å². The summed E-state index contributed by atoms with van der Waals surface area (Å²) in [5.74, 6) is -0.781. The van der Waals surface area contributed by atoms with Crippen LogP contribution in [0, 0.1) is 5.82 Å². The lowest BCUT2D eigenvalue weighted by atomic mass is 10.2. The zero-order valence-corrected chi connectivity index (χ0v) is 10.6. The third kappa shape index (κ3) is 4.33. The molecule has 0 aliphatic heterocycles. The summed E-state index contributed by atoms with van der Waals surface area (Å²) in [5, 5.41) is 11.7. The third-order valence-corrected chi connectivity index (χ3v) is 2.50. The van der Waals surface area contributed by atoms with Gasteiger partial charge in [0.2, 0.25) is 0 Å². The zero-order chi connectivity index (χ0) is 13.5. The first kappa shape index (κ1) is 14.4. The molecule has 0 fully saturated rings. The lowest BCUT2D eigenvalue weighted by molar-refractivity contribution is 0.0949. The van der Waals surface area contributed by atoms with Crippen molar-refractivity contribution in [1.29, 1.82) is 0 Å². The summed E-state index contributed by atoms with van der Waals surface area (Å²) in [4.78, 5) is 11.7. The number of hydrogen-bond donors (Lipinski definition) is 2. The summed E-state index contributed by atoms with van der Waals surface area (Å²) >= 11 is 0. The number of nitrogens with one attached hydrogen (secondary N) is 1. The van der Waals surface area contributed by atoms with Crippen molar-refractivity contribution in [3.8, 4) is 5.75 Å². The highest BCUT2D eigenvalue weighted by Gasteiger charge is 2.09. The molecule has 0 spiro atoms. The second-order valence-electron chi connectivity index (χ2n) is 4.10. The Morgan fingerprint density at radius 1 is 1.56 bits per heavy atom. The summed E-state index contributed by atoms with van der Waals surface area (Å²) in [7, 11) is 1.37. The van der Waals surface area contributed by atoms with Gasteiger partial charge >= 0.3 is 0 Å². The van der Waals surface area contributed by atoms with E-state index in [4.69, 9.17) is 9.84 Å². The molecule has 0 saturated heterocycles. The number of halogens is 1. The summed E-state index contributed by atoms with van der Waals surface area (Å²) in [6, 6.07) is 4.06. The highest BCUT2D eigenvalue weighted by Crippen LogP contribution is 2.17. The number of carbonyl (C=O) groups excluding carboxylic acids is 1. The number of aliphatic hydroxyl groups is 1. The second kappa shape index (κ2) is 6.96. The van der Waals surface area contributed by atoms with E-state index < -0.39 is 5.82 Å². The largest absolute Gasteiger partial charge is 0.494 e. The molecule has 0 aromatic heterocycles. The Morgan fingerprint density at radius 3 is 2.83 bits per heavy atom. The predicted molar refractivity (Wildman–Crippen MR) is 66.2 cm³/mol. The van der Waals surface area contributed by atoms with Gasteiger partial charge in [-0.2, -0.15) is 0 Å². The van der Waals surface area contributed by atoms with E-state index in [2.05, 4.69) is 5.32 Å². The molecule has 0 saturated carbocycles. The Bertz CT molecular complexity index is 407. The van der Waals surface area contributed by atoms with E-state index in [0.29, 0.717) is 19.4 Å². The van der Waals surface area contributed by atoms with E-state index in [9.17, 15) is 9.18 Å². The molecule has 100 valence electrons. The zero-order valence-electron chi connectivity index (χ0n) is 10.6. The van der Waals surface area contributed by atoms with Gasteiger partial charge in [-0.05, 0) is 38.0 Å². The van der Waals surface area contributed by atoms with Crippen LogP contribution >= 0.6 is 0 Å². The van der Waals surface area contributed by atoms with Gasteiger partial charge < -0.3 is 15.2 Å². The minimum atomic E-state index is -0.561. The molecule has 5 heteroatoms. The fourth-order valence-electron chi connectivity index (χ4n) is 1.51. The van der Waals surface area contributed by atoms with Crippen LogP contribution < -0.4 is 10.1 Å². The number of benzene rings is 1. The normalized spacial score (nSPS) is 12.0. The molecule has 18 heavy (non-hydrogen) atoms. The molecule has 1 atom stereocenters. The second-order valence-corrected chi connectivity index (χ2v) is 4.10. The molecule has 0 aliphatic carbocycles. The van der Waals surface area contributed by atoms with Crippen molar-refractivity contribution in [3.05, 3.63) is 29.6 Å². The number of methoxy groups -OCH3 is 1. The number of amides is 1. The van der Waals surface area contributed by atoms with Gasteiger partial charge in [0, 0.05) is 12.1 Å². The third-order valence-electron chi connectivity index (χ3n) is 2.50. The maximum atomic E-state index is 13.4. The minimum Gasteiger partial charge on any atom is -0.494 e. The summed E-state index contributed by atoms with van der Waals surface area (Å²) in [5.41, 5.74) is 0.255. The number of carbonyl (C=O) groups is 1. The minimum absolute atomic E-state index is 0.112. The first-order valence-electron chi connectivity index (χ1n) is 5.84. The van der Waals surface area contributed by atoms with Gasteiger partial charge in [0.25, 0.3) is 5.91 Å². The molecule has 1 rings (SSSR count). The first-order chi connectivity index (χ1) is 8.54. The molecule has 1 aromatic carbocycles. The lowest BCUT2D eigenvalue weighted by Gasteiger charge is -2.07. The highest BCUT2D eigenvalue weighted by atomic mass is 19.1. The van der Waals surface area contributed by atoms with E-state index in [1.54, 1.807) is 6.92 Å². The van der Waals surface area contributed by atoms with E-state index >= 15 is 0 Å². The SMILES string of the molecule is COc1ccc(C(=O)NCCCC(C)O)cc1F. The molecule has 0 radical (unpaired) electrons. The maximum absolute atomic E-state index is 13.4. The summed E-state index contributed by atoms with van der Waals surface area (Å²) in [6.07, 6.45) is 0.930. The van der Waals surface area contributed by atoms with Crippen molar-refractivity contribution in [2.75, 3.05) is 13.7 Å². The Hall–Kier alpha value is -1.62. The van der Waals surface area contributed by atoms with Crippen LogP contribution in [0.1, 0.15) is 30.1 Å². The van der Waals surface area contributed by atoms with Gasteiger partial charge in [-0.25, -0.2) is 4.39 Å². The summed E-state index contributed by atoms with van der Waals surface area (Å²) < 4.78 is 18.1. The molecule has 1 amide bonds. The Balaban J connectivity index is 2.49. The molecular formula is C13H18FNO3. The van der Waals surface area contributed by atoms with Crippen molar-refractivity contribution < 1.29 is 19.0 Å². The monoisotopic (exact) mass is 255 g/mol. The van der Waals surface area contributed by atoms with E-state index in [1.165, 1.54) is 19.2 Å². The van der Waals surface area contributed by atoms with E-state index in [-0.39, 0.29) is 23.3 Å². The first-order valence-corrected chi connectivity index (χ1v) is 5.84. The quantitative estimate of drug-likeness (QED) is 0.761. The number of aliphatic hydroxyl groups excluding tert-OH is 1. The Morgan fingerprint density at radius 2 is 2.28 bits per heavy atom. The van der Waals surface area contributed by atoms with Crippen molar-refractivity contribution in [1.82, 2.24) is 5.32 Å². The van der Waals surface area contributed by atoms with Gasteiger partial charge in [-0.15, -0.1) is 0 Å². The number of rotatable bonds is 6. The van der Waals surface area contributed by atoms with Crippen molar-refractivity contribution in [2.24, 2.45) is 0 Å². The topological polar surface area (TPSA) is 58.6 Å². The van der Waals surface area contributed by atoms with Gasteiger partial charge in [-0.3, -0.25) is 4.79 Å². The van der Waals surface area contributed by atoms with Crippen LogP contribution in [0.4, 0.5) is 4.39 Å². The average molecular weight is 255 g/mol. The maximum Gasteiger partial charge on any atom is 0.251 e. The van der Waals surface area contributed by atoms with Crippen LogP contribution in [0.5, 0.6) is 5.75 Å². The fourth-order valence-corrected chi connectivity index (χ4v) is 1.51. The van der Waals surface area contributed by atoms with Crippen molar-refractivity contribution >= 4 is 5.91 Å². The van der Waals surface area contributed by atoms with E-state index in [0.717, 1.165) is 6.07 Å². The highest BCUT2D eigenvalue weighted by molar-refractivity contribution is 5.94. The van der Waals surface area contributed by atoms with Crippen LogP contribution in [0.2, 0.25) is 0 Å². The van der Waals surface area contributed by atoms with E-state index in [1.807, 2.05) is 0 Å². The molecule has 0 heterocycles. The van der Waals surface area contributed by atoms with Crippen LogP contribution in [0.3, 0.4) is 0 Å². The Kier molecular flexibility index (Phi) is 5.58. The van der Waals surface area contributed by atoms with Gasteiger partial charge in [0.15, 0.2) is 11.6 Å². The van der Waals surface area contributed by atoms with Gasteiger partial charge in [0.05, 0.1) is 13.2 Å². The Labute approximate surface area is 106 Å². The molecular weight excluding hydrogens is 237 g/mol. The standard InChI is InChI=1S/C13H18FNO3/c1-9(16)4-3-7-15-13(17)10-5-6-12(18-2)11(14)8-10/h5-6,8-9,16H,3-4,7H2,1-2H3,(H,15,17). The van der Waals surface area contributed by atoms with Crippen LogP contribution in [0.25, 0.3) is 0 Å². The lowest BCUT2D eigenvalue weighted by Crippen LogP contribution is -2.25. The molecule has 1 unspecified atom stereocenters. The van der Waals surface area contributed by atoms with Gasteiger partial charge in [0.1, 0.15) is 0 Å². The average Bonchev–Trinajstić information content (AvgIpc) is 2.34. The van der Waals surface area contributed by atoms with Crippen LogP contribution in [-0.2, 0) is 0 Å². The van der Waals surface area contributed by atoms with Crippen LogP contribution in [-0.4, -0.2) is 30.8 Å². The molecule has 4 nitrogen and oxygen atoms in total. The smallest absolute Gasteiger partial charge is 0.251 e. The molecule has 1 aromatic rings. The predicted octanol–water partition coefficient (Wildman–Crippen LogP) is 1.73. The number of hydrogen-bond acceptors (Lipinski definition) is 3. The molecule has 0 aliphatic rings. The fraction of sp³-hybridized carbons (Fsp3) is 0.462. The van der Waals surface area contributed by atoms with Crippen molar-refractivity contribution in [2.45, 2.75) is 25.9 Å². The summed E-state index contributed by atoms with van der Waals surface area (Å²) in [6.45, 7) is 2.15. The van der Waals surface area contributed by atoms with Crippen LogP contribution in [0.15, 0.2) is 18.2 Å². The number of ether oxygens (including phenoxy) is 1. The molecule has 2 N–H and O–H groups in total.